The molecule has 7 heteroatoms. The van der Waals surface area contributed by atoms with Crippen molar-refractivity contribution in [3.8, 4) is 11.5 Å². The maximum atomic E-state index is 13.1. The molecule has 0 radical (unpaired) electrons. The van der Waals surface area contributed by atoms with Gasteiger partial charge in [-0.15, -0.1) is 0 Å². The van der Waals surface area contributed by atoms with Crippen molar-refractivity contribution < 1.29 is 14.3 Å². The molecule has 0 N–H and O–H groups in total. The van der Waals surface area contributed by atoms with Gasteiger partial charge in [0, 0.05) is 56.3 Å². The fourth-order valence-corrected chi connectivity index (χ4v) is 5.14. The molecule has 2 saturated heterocycles. The van der Waals surface area contributed by atoms with Gasteiger partial charge in [0.25, 0.3) is 5.91 Å². The summed E-state index contributed by atoms with van der Waals surface area (Å²) in [7, 11) is 0. The number of anilines is 1. The number of benzene rings is 3. The zero-order chi connectivity index (χ0) is 25.2. The third-order valence-corrected chi connectivity index (χ3v) is 7.17. The van der Waals surface area contributed by atoms with E-state index >= 15 is 0 Å². The summed E-state index contributed by atoms with van der Waals surface area (Å²) < 4.78 is 5.87. The molecule has 6 rings (SSSR count). The predicted octanol–water partition coefficient (Wildman–Crippen LogP) is 4.59. The second-order valence-corrected chi connectivity index (χ2v) is 9.49. The fraction of sp³-hybridized carbons (Fsp3) is 0.233. The zero-order valence-electron chi connectivity index (χ0n) is 20.5. The summed E-state index contributed by atoms with van der Waals surface area (Å²) in [4.78, 5) is 36.6. The van der Waals surface area contributed by atoms with Gasteiger partial charge >= 0.3 is 0 Å². The number of amides is 2. The minimum absolute atomic E-state index is 0.0349. The van der Waals surface area contributed by atoms with Gasteiger partial charge in [0.2, 0.25) is 5.91 Å². The minimum Gasteiger partial charge on any atom is -0.457 e. The van der Waals surface area contributed by atoms with Crippen molar-refractivity contribution in [1.29, 1.82) is 0 Å². The van der Waals surface area contributed by atoms with Crippen LogP contribution in [0.4, 0.5) is 5.69 Å². The summed E-state index contributed by atoms with van der Waals surface area (Å²) in [6, 6.07) is 29.0. The van der Waals surface area contributed by atoms with Crippen LogP contribution in [-0.2, 0) is 4.79 Å². The van der Waals surface area contributed by atoms with Crippen LogP contribution in [0.15, 0.2) is 91.0 Å². The van der Waals surface area contributed by atoms with E-state index in [1.54, 1.807) is 6.07 Å². The minimum atomic E-state index is -0.0349. The maximum absolute atomic E-state index is 13.1. The van der Waals surface area contributed by atoms with E-state index in [4.69, 9.17) is 4.74 Å². The zero-order valence-corrected chi connectivity index (χ0v) is 20.5. The number of fused-ring (bicyclic) bond motifs is 1. The van der Waals surface area contributed by atoms with Gasteiger partial charge in [-0.2, -0.15) is 0 Å². The molecule has 4 aromatic rings. The highest BCUT2D eigenvalue weighted by molar-refractivity contribution is 5.96. The van der Waals surface area contributed by atoms with Gasteiger partial charge in [-0.3, -0.25) is 14.5 Å². The lowest BCUT2D eigenvalue weighted by atomic mass is 10.1. The third-order valence-electron chi connectivity index (χ3n) is 7.17. The molecular weight excluding hydrogens is 464 g/mol. The van der Waals surface area contributed by atoms with Gasteiger partial charge in [0.15, 0.2) is 0 Å². The molecule has 3 heterocycles. The average molecular weight is 493 g/mol. The van der Waals surface area contributed by atoms with Crippen molar-refractivity contribution in [2.75, 3.05) is 37.6 Å². The van der Waals surface area contributed by atoms with E-state index in [2.05, 4.69) is 9.88 Å². The standard InChI is InChI=1S/C30H28N4O3/c35-29-20-24(21-34(29)23-11-13-26(14-12-23)37-25-7-2-1-3-8-25)32-16-18-33(19-17-32)30(36)28-15-10-22-6-4-5-9-27(22)31-28/h1-15,24H,16-21H2. The number of pyridine rings is 1. The van der Waals surface area contributed by atoms with E-state index in [0.29, 0.717) is 31.7 Å². The number of hydrogen-bond donors (Lipinski definition) is 0. The van der Waals surface area contributed by atoms with E-state index in [1.165, 1.54) is 0 Å². The quantitative estimate of drug-likeness (QED) is 0.408. The number of rotatable bonds is 5. The summed E-state index contributed by atoms with van der Waals surface area (Å²) >= 11 is 0. The number of aromatic nitrogens is 1. The van der Waals surface area contributed by atoms with E-state index in [1.807, 2.05) is 94.7 Å². The van der Waals surface area contributed by atoms with Gasteiger partial charge in [-0.25, -0.2) is 4.98 Å². The molecule has 0 bridgehead atoms. The van der Waals surface area contributed by atoms with Gasteiger partial charge in [-0.1, -0.05) is 42.5 Å². The third kappa shape index (κ3) is 4.90. The lowest BCUT2D eigenvalue weighted by Gasteiger charge is -2.37. The van der Waals surface area contributed by atoms with Crippen LogP contribution >= 0.6 is 0 Å². The van der Waals surface area contributed by atoms with Crippen molar-refractivity contribution in [2.45, 2.75) is 12.5 Å². The van der Waals surface area contributed by atoms with Gasteiger partial charge in [0.1, 0.15) is 17.2 Å². The van der Waals surface area contributed by atoms with Crippen LogP contribution in [-0.4, -0.2) is 65.4 Å². The van der Waals surface area contributed by atoms with Crippen molar-refractivity contribution >= 4 is 28.4 Å². The van der Waals surface area contributed by atoms with Crippen molar-refractivity contribution in [3.63, 3.8) is 0 Å². The largest absolute Gasteiger partial charge is 0.457 e. The van der Waals surface area contributed by atoms with Crippen LogP contribution in [0.25, 0.3) is 10.9 Å². The Morgan fingerprint density at radius 3 is 2.27 bits per heavy atom. The summed E-state index contributed by atoms with van der Waals surface area (Å²) in [5.41, 5.74) is 2.19. The number of hydrogen-bond acceptors (Lipinski definition) is 5. The summed E-state index contributed by atoms with van der Waals surface area (Å²) in [6.45, 7) is 3.40. The Balaban J connectivity index is 1.05. The monoisotopic (exact) mass is 492 g/mol. The lowest BCUT2D eigenvalue weighted by molar-refractivity contribution is -0.117. The van der Waals surface area contributed by atoms with Crippen LogP contribution in [0.3, 0.4) is 0 Å². The molecule has 1 atom stereocenters. The molecule has 0 aliphatic carbocycles. The Labute approximate surface area is 215 Å². The van der Waals surface area contributed by atoms with Crippen LogP contribution in [0.5, 0.6) is 11.5 Å². The number of piperazine rings is 1. The van der Waals surface area contributed by atoms with Crippen molar-refractivity contribution in [2.24, 2.45) is 0 Å². The molecule has 3 aromatic carbocycles. The first-order valence-corrected chi connectivity index (χ1v) is 12.7. The van der Waals surface area contributed by atoms with E-state index in [9.17, 15) is 9.59 Å². The normalized spacial score (nSPS) is 18.4. The maximum Gasteiger partial charge on any atom is 0.272 e. The molecule has 2 aliphatic heterocycles. The average Bonchev–Trinajstić information content (AvgIpc) is 3.35. The second kappa shape index (κ2) is 10.0. The molecule has 1 unspecified atom stereocenters. The first-order valence-electron chi connectivity index (χ1n) is 12.7. The first-order chi connectivity index (χ1) is 18.1. The molecule has 186 valence electrons. The Hall–Kier alpha value is -4.23. The van der Waals surface area contributed by atoms with Crippen LogP contribution < -0.4 is 9.64 Å². The van der Waals surface area contributed by atoms with Gasteiger partial charge in [0.05, 0.1) is 5.52 Å². The van der Waals surface area contributed by atoms with Crippen molar-refractivity contribution in [3.05, 3.63) is 96.7 Å². The highest BCUT2D eigenvalue weighted by Gasteiger charge is 2.36. The molecule has 37 heavy (non-hydrogen) atoms. The number of carbonyl (C=O) groups excluding carboxylic acids is 2. The van der Waals surface area contributed by atoms with Crippen LogP contribution in [0.1, 0.15) is 16.9 Å². The van der Waals surface area contributed by atoms with Crippen LogP contribution in [0.2, 0.25) is 0 Å². The second-order valence-electron chi connectivity index (χ2n) is 9.49. The highest BCUT2D eigenvalue weighted by Crippen LogP contribution is 2.28. The van der Waals surface area contributed by atoms with E-state index in [0.717, 1.165) is 41.2 Å². The molecular formula is C30H28N4O3. The molecule has 2 aliphatic rings. The summed E-state index contributed by atoms with van der Waals surface area (Å²) in [6.07, 6.45) is 0.489. The number of para-hydroxylation sites is 2. The molecule has 2 amide bonds. The molecule has 0 spiro atoms. The van der Waals surface area contributed by atoms with Gasteiger partial charge < -0.3 is 14.5 Å². The first kappa shape index (κ1) is 23.2. The lowest BCUT2D eigenvalue weighted by Crippen LogP contribution is -2.52. The number of ether oxygens (including phenoxy) is 1. The molecule has 2 fully saturated rings. The highest BCUT2D eigenvalue weighted by atomic mass is 16.5. The summed E-state index contributed by atoms with van der Waals surface area (Å²) in [5, 5.41) is 1.03. The Bertz CT molecular complexity index is 1420. The molecule has 0 saturated carbocycles. The Morgan fingerprint density at radius 1 is 0.784 bits per heavy atom. The smallest absolute Gasteiger partial charge is 0.272 e. The number of carbonyl (C=O) groups is 2. The number of nitrogens with zero attached hydrogens (tertiary/aromatic N) is 4. The van der Waals surface area contributed by atoms with Crippen molar-refractivity contribution in [1.82, 2.24) is 14.8 Å². The topological polar surface area (TPSA) is 66.0 Å². The summed E-state index contributed by atoms with van der Waals surface area (Å²) in [5.74, 6) is 1.61. The Kier molecular flexibility index (Phi) is 6.28. The van der Waals surface area contributed by atoms with E-state index < -0.39 is 0 Å². The SMILES string of the molecule is O=C(c1ccc2ccccc2n1)N1CCN(C2CC(=O)N(c3ccc(Oc4ccccc4)cc3)C2)CC1. The Morgan fingerprint density at radius 2 is 1.49 bits per heavy atom. The molecule has 1 aromatic heterocycles. The molecule has 7 nitrogen and oxygen atoms in total. The predicted molar refractivity (Wildman–Crippen MR) is 143 cm³/mol. The van der Waals surface area contributed by atoms with Crippen LogP contribution in [0, 0.1) is 0 Å². The van der Waals surface area contributed by atoms with E-state index in [-0.39, 0.29) is 17.9 Å². The van der Waals surface area contributed by atoms with Gasteiger partial charge in [-0.05, 0) is 48.5 Å². The fourth-order valence-electron chi connectivity index (χ4n) is 5.14.